The second-order valence-corrected chi connectivity index (χ2v) is 5.89. The van der Waals surface area contributed by atoms with Crippen molar-refractivity contribution in [2.45, 2.75) is 45.1 Å². The van der Waals surface area contributed by atoms with Crippen molar-refractivity contribution in [3.8, 4) is 5.88 Å². The Morgan fingerprint density at radius 3 is 2.29 bits per heavy atom. The first kappa shape index (κ1) is 16.1. The normalized spacial score (nSPS) is 20.6. The fourth-order valence-electron chi connectivity index (χ4n) is 1.82. The van der Waals surface area contributed by atoms with Crippen LogP contribution in [0.2, 0.25) is 0 Å². The van der Waals surface area contributed by atoms with Crippen LogP contribution in [-0.2, 0) is 9.31 Å². The van der Waals surface area contributed by atoms with Gasteiger partial charge in [-0.3, -0.25) is 0 Å². The monoisotopic (exact) mass is 303 g/mol. The third-order valence-corrected chi connectivity index (χ3v) is 3.68. The van der Waals surface area contributed by atoms with E-state index in [2.05, 4.69) is 4.98 Å². The molecule has 0 N–H and O–H groups in total. The molecule has 0 unspecified atom stereocenters. The summed E-state index contributed by atoms with van der Waals surface area (Å²) in [7, 11) is -0.813. The van der Waals surface area contributed by atoms with Crippen molar-refractivity contribution in [2.24, 2.45) is 0 Å². The summed E-state index contributed by atoms with van der Waals surface area (Å²) in [5.41, 5.74) is -0.829. The van der Waals surface area contributed by atoms with Crippen LogP contribution in [0.1, 0.15) is 27.7 Å². The Labute approximate surface area is 121 Å². The number of rotatable bonds is 3. The number of alkyl halides is 3. The highest BCUT2D eigenvalue weighted by Crippen LogP contribution is 2.37. The van der Waals surface area contributed by atoms with Gasteiger partial charge in [0.2, 0.25) is 5.88 Å². The molecule has 1 aliphatic heterocycles. The highest BCUT2D eigenvalue weighted by atomic mass is 19.4. The average molecular weight is 303 g/mol. The van der Waals surface area contributed by atoms with Crippen LogP contribution in [0.15, 0.2) is 18.3 Å². The lowest BCUT2D eigenvalue weighted by Crippen LogP contribution is -2.41. The van der Waals surface area contributed by atoms with E-state index in [0.717, 1.165) is 0 Å². The highest BCUT2D eigenvalue weighted by molar-refractivity contribution is 6.63. The van der Waals surface area contributed by atoms with Crippen molar-refractivity contribution in [2.75, 3.05) is 6.61 Å². The van der Waals surface area contributed by atoms with Gasteiger partial charge in [0.1, 0.15) is 0 Å². The summed E-state index contributed by atoms with van der Waals surface area (Å²) in [5.74, 6) is -0.131. The number of aromatic nitrogens is 1. The molecule has 1 aromatic rings. The number of hydrogen-bond donors (Lipinski definition) is 0. The van der Waals surface area contributed by atoms with Gasteiger partial charge < -0.3 is 14.0 Å². The van der Waals surface area contributed by atoms with Crippen LogP contribution in [0.4, 0.5) is 13.2 Å². The minimum atomic E-state index is -4.43. The lowest BCUT2D eigenvalue weighted by molar-refractivity contribution is -0.153. The Bertz CT molecular complexity index is 504. The second kappa shape index (κ2) is 5.17. The van der Waals surface area contributed by atoms with Crippen molar-refractivity contribution in [3.05, 3.63) is 18.3 Å². The molecule has 2 heterocycles. The zero-order valence-electron chi connectivity index (χ0n) is 12.3. The van der Waals surface area contributed by atoms with Crippen molar-refractivity contribution >= 4 is 12.6 Å². The minimum absolute atomic E-state index is 0.131. The molecule has 1 fully saturated rings. The third kappa shape index (κ3) is 3.49. The van der Waals surface area contributed by atoms with Gasteiger partial charge in [-0.15, -0.1) is 0 Å². The molecule has 0 atom stereocenters. The lowest BCUT2D eigenvalue weighted by atomic mass is 9.80. The van der Waals surface area contributed by atoms with E-state index in [9.17, 15) is 13.2 Å². The Morgan fingerprint density at radius 1 is 1.19 bits per heavy atom. The molecule has 0 saturated carbocycles. The maximum absolute atomic E-state index is 12.3. The Morgan fingerprint density at radius 2 is 1.76 bits per heavy atom. The molecule has 0 aliphatic carbocycles. The molecule has 0 spiro atoms. The van der Waals surface area contributed by atoms with Crippen LogP contribution in [0.5, 0.6) is 5.88 Å². The van der Waals surface area contributed by atoms with Crippen molar-refractivity contribution < 1.29 is 27.2 Å². The van der Waals surface area contributed by atoms with Gasteiger partial charge in [-0.05, 0) is 33.8 Å². The number of halogens is 3. The van der Waals surface area contributed by atoms with E-state index in [4.69, 9.17) is 14.0 Å². The molecule has 0 aromatic carbocycles. The topological polar surface area (TPSA) is 40.6 Å². The molecule has 0 amide bonds. The highest BCUT2D eigenvalue weighted by Gasteiger charge is 2.52. The average Bonchev–Trinajstić information content (AvgIpc) is 2.55. The standard InChI is InChI=1S/C13H17BF3NO3/c1-11(2)12(3,4)21-14(20-11)9-6-5-7-18-10(9)19-8-13(15,16)17/h5-7H,8H2,1-4H3. The predicted molar refractivity (Wildman–Crippen MR) is 71.5 cm³/mol. The largest absolute Gasteiger partial charge is 0.500 e. The minimum Gasteiger partial charge on any atom is -0.468 e. The van der Waals surface area contributed by atoms with E-state index in [-0.39, 0.29) is 5.88 Å². The van der Waals surface area contributed by atoms with Gasteiger partial charge >= 0.3 is 13.3 Å². The molecule has 116 valence electrons. The first-order chi connectivity index (χ1) is 9.52. The van der Waals surface area contributed by atoms with Gasteiger partial charge in [-0.2, -0.15) is 13.2 Å². The maximum atomic E-state index is 12.3. The smallest absolute Gasteiger partial charge is 0.468 e. The van der Waals surface area contributed by atoms with Gasteiger partial charge in [0.15, 0.2) is 6.61 Å². The Hall–Kier alpha value is -1.28. The molecule has 0 radical (unpaired) electrons. The van der Waals surface area contributed by atoms with E-state index in [1.807, 2.05) is 27.7 Å². The fourth-order valence-corrected chi connectivity index (χ4v) is 1.82. The summed E-state index contributed by atoms with van der Waals surface area (Å²) in [6, 6.07) is 3.18. The first-order valence-corrected chi connectivity index (χ1v) is 6.52. The molecule has 21 heavy (non-hydrogen) atoms. The molecule has 1 aromatic heterocycles. The molecule has 2 rings (SSSR count). The number of nitrogens with zero attached hydrogens (tertiary/aromatic N) is 1. The zero-order chi connectivity index (χ0) is 15.9. The van der Waals surface area contributed by atoms with Crippen molar-refractivity contribution in [1.82, 2.24) is 4.98 Å². The number of hydrogen-bond acceptors (Lipinski definition) is 4. The van der Waals surface area contributed by atoms with Crippen molar-refractivity contribution in [1.29, 1.82) is 0 Å². The summed E-state index contributed by atoms with van der Waals surface area (Å²) < 4.78 is 53.2. The van der Waals surface area contributed by atoms with Gasteiger partial charge in [-0.1, -0.05) is 6.07 Å². The van der Waals surface area contributed by atoms with Gasteiger partial charge in [0, 0.05) is 11.7 Å². The zero-order valence-corrected chi connectivity index (χ0v) is 12.3. The van der Waals surface area contributed by atoms with E-state index in [1.165, 1.54) is 6.20 Å². The van der Waals surface area contributed by atoms with Crippen LogP contribution < -0.4 is 10.2 Å². The predicted octanol–water partition coefficient (Wildman–Crippen LogP) is 2.32. The molecular weight excluding hydrogens is 286 g/mol. The van der Waals surface area contributed by atoms with Crippen LogP contribution in [0, 0.1) is 0 Å². The summed E-state index contributed by atoms with van der Waals surface area (Å²) in [4.78, 5) is 3.84. The van der Waals surface area contributed by atoms with E-state index >= 15 is 0 Å². The number of pyridine rings is 1. The van der Waals surface area contributed by atoms with E-state index < -0.39 is 31.1 Å². The molecule has 1 aliphatic rings. The number of ether oxygens (including phenoxy) is 1. The van der Waals surface area contributed by atoms with Crippen LogP contribution in [0.25, 0.3) is 0 Å². The van der Waals surface area contributed by atoms with Crippen molar-refractivity contribution in [3.63, 3.8) is 0 Å². The molecule has 1 saturated heterocycles. The van der Waals surface area contributed by atoms with Crippen LogP contribution >= 0.6 is 0 Å². The summed E-state index contributed by atoms with van der Waals surface area (Å²) in [6.45, 7) is 6.04. The fraction of sp³-hybridized carbons (Fsp3) is 0.615. The summed E-state index contributed by atoms with van der Waals surface area (Å²) >= 11 is 0. The van der Waals surface area contributed by atoms with Crippen LogP contribution in [0.3, 0.4) is 0 Å². The van der Waals surface area contributed by atoms with Crippen LogP contribution in [-0.4, -0.2) is 36.1 Å². The Balaban J connectivity index is 2.22. The molecule has 8 heteroatoms. The van der Waals surface area contributed by atoms with E-state index in [1.54, 1.807) is 12.1 Å². The van der Waals surface area contributed by atoms with E-state index in [0.29, 0.717) is 5.46 Å². The lowest BCUT2D eigenvalue weighted by Gasteiger charge is -2.32. The van der Waals surface area contributed by atoms with Gasteiger partial charge in [0.05, 0.1) is 11.2 Å². The summed E-state index contributed by atoms with van der Waals surface area (Å²) in [5, 5.41) is 0. The molecular formula is C13H17BF3NO3. The third-order valence-electron chi connectivity index (χ3n) is 3.68. The van der Waals surface area contributed by atoms with Gasteiger partial charge in [0.25, 0.3) is 0 Å². The molecule has 4 nitrogen and oxygen atoms in total. The Kier molecular flexibility index (Phi) is 3.97. The maximum Gasteiger partial charge on any atom is 0.500 e. The second-order valence-electron chi connectivity index (χ2n) is 5.89. The quantitative estimate of drug-likeness (QED) is 0.804. The first-order valence-electron chi connectivity index (χ1n) is 6.52. The SMILES string of the molecule is CC1(C)OB(c2cccnc2OCC(F)(F)F)OC1(C)C. The molecule has 0 bridgehead atoms. The summed E-state index contributed by atoms with van der Waals surface area (Å²) in [6.07, 6.45) is -3.06. The van der Waals surface area contributed by atoms with Gasteiger partial charge in [-0.25, -0.2) is 4.98 Å².